The number of rotatable bonds is 6. The number of thiocarbonyl (C=S) groups is 1. The van der Waals surface area contributed by atoms with Crippen molar-refractivity contribution in [2.75, 3.05) is 58.3 Å². The highest BCUT2D eigenvalue weighted by molar-refractivity contribution is 7.80. The third-order valence-electron chi connectivity index (χ3n) is 3.74. The van der Waals surface area contributed by atoms with Crippen molar-refractivity contribution in [1.82, 2.24) is 15.1 Å². The number of anilines is 1. The van der Waals surface area contributed by atoms with Gasteiger partial charge in [-0.25, -0.2) is 4.39 Å². The van der Waals surface area contributed by atoms with E-state index in [0.29, 0.717) is 25.4 Å². The van der Waals surface area contributed by atoms with Crippen molar-refractivity contribution in [3.63, 3.8) is 0 Å². The molecule has 0 atom stereocenters. The van der Waals surface area contributed by atoms with Crippen LogP contribution in [0.1, 0.15) is 0 Å². The molecule has 2 rings (SSSR count). The summed E-state index contributed by atoms with van der Waals surface area (Å²) in [6.07, 6.45) is 0. The van der Waals surface area contributed by atoms with Gasteiger partial charge in [0.25, 0.3) is 0 Å². The molecule has 0 saturated carbocycles. The van der Waals surface area contributed by atoms with E-state index in [2.05, 4.69) is 20.4 Å². The van der Waals surface area contributed by atoms with Gasteiger partial charge in [0.05, 0.1) is 13.2 Å². The molecule has 6 nitrogen and oxygen atoms in total. The number of halogens is 1. The van der Waals surface area contributed by atoms with E-state index in [9.17, 15) is 9.18 Å². The van der Waals surface area contributed by atoms with Gasteiger partial charge in [-0.15, -0.1) is 0 Å². The van der Waals surface area contributed by atoms with E-state index < -0.39 is 0 Å². The molecule has 1 aromatic carbocycles. The Balaban J connectivity index is 1.69. The zero-order valence-electron chi connectivity index (χ0n) is 13.8. The Morgan fingerprint density at radius 2 is 1.92 bits per heavy atom. The SMILES string of the molecule is COCCNC(=S)N1CCN(CC(=O)Nc2ccc(F)cc2)CC1. The number of hydrogen-bond donors (Lipinski definition) is 2. The molecule has 1 fully saturated rings. The molecule has 0 radical (unpaired) electrons. The first-order valence-electron chi connectivity index (χ1n) is 7.88. The largest absolute Gasteiger partial charge is 0.383 e. The number of piperazine rings is 1. The van der Waals surface area contributed by atoms with Crippen LogP contribution in [0.15, 0.2) is 24.3 Å². The first kappa shape index (κ1) is 18.6. The number of carbonyl (C=O) groups excluding carboxylic acids is 1. The fourth-order valence-electron chi connectivity index (χ4n) is 2.42. The summed E-state index contributed by atoms with van der Waals surface area (Å²) in [5.74, 6) is -0.421. The number of carbonyl (C=O) groups is 1. The van der Waals surface area contributed by atoms with Crippen LogP contribution in [-0.2, 0) is 9.53 Å². The van der Waals surface area contributed by atoms with E-state index in [1.54, 1.807) is 19.2 Å². The van der Waals surface area contributed by atoms with Gasteiger partial charge < -0.3 is 20.3 Å². The second-order valence-electron chi connectivity index (χ2n) is 5.54. The lowest BCUT2D eigenvalue weighted by molar-refractivity contribution is -0.117. The van der Waals surface area contributed by atoms with Gasteiger partial charge in [-0.2, -0.15) is 0 Å². The van der Waals surface area contributed by atoms with E-state index in [0.717, 1.165) is 31.3 Å². The van der Waals surface area contributed by atoms with Crippen molar-refractivity contribution in [1.29, 1.82) is 0 Å². The lowest BCUT2D eigenvalue weighted by Gasteiger charge is -2.35. The maximum Gasteiger partial charge on any atom is 0.238 e. The molecule has 1 heterocycles. The molecule has 1 aromatic rings. The monoisotopic (exact) mass is 354 g/mol. The Morgan fingerprint density at radius 1 is 1.25 bits per heavy atom. The molecular formula is C16H23FN4O2S. The third kappa shape index (κ3) is 6.03. The number of benzene rings is 1. The van der Waals surface area contributed by atoms with Crippen LogP contribution >= 0.6 is 12.2 Å². The van der Waals surface area contributed by atoms with Crippen LogP contribution in [0.5, 0.6) is 0 Å². The lowest BCUT2D eigenvalue weighted by Crippen LogP contribution is -2.53. The smallest absolute Gasteiger partial charge is 0.238 e. The van der Waals surface area contributed by atoms with Crippen LogP contribution in [0.2, 0.25) is 0 Å². The third-order valence-corrected chi connectivity index (χ3v) is 4.14. The van der Waals surface area contributed by atoms with Crippen LogP contribution in [0, 0.1) is 5.82 Å². The van der Waals surface area contributed by atoms with Gasteiger partial charge in [-0.05, 0) is 36.5 Å². The first-order chi connectivity index (χ1) is 11.6. The zero-order valence-corrected chi connectivity index (χ0v) is 14.6. The molecule has 24 heavy (non-hydrogen) atoms. The van der Waals surface area contributed by atoms with Crippen LogP contribution in [0.25, 0.3) is 0 Å². The average molecular weight is 354 g/mol. The van der Waals surface area contributed by atoms with Crippen LogP contribution in [0.4, 0.5) is 10.1 Å². The quantitative estimate of drug-likeness (QED) is 0.585. The van der Waals surface area contributed by atoms with Gasteiger partial charge in [-0.1, -0.05) is 0 Å². The van der Waals surface area contributed by atoms with Crippen molar-refractivity contribution in [2.45, 2.75) is 0 Å². The summed E-state index contributed by atoms with van der Waals surface area (Å²) in [5, 5.41) is 6.65. The van der Waals surface area contributed by atoms with E-state index in [4.69, 9.17) is 17.0 Å². The summed E-state index contributed by atoms with van der Waals surface area (Å²) >= 11 is 5.34. The number of hydrogen-bond acceptors (Lipinski definition) is 4. The molecule has 1 aliphatic rings. The Kier molecular flexibility index (Phi) is 7.36. The fraction of sp³-hybridized carbons (Fsp3) is 0.500. The summed E-state index contributed by atoms with van der Waals surface area (Å²) in [4.78, 5) is 16.2. The minimum absolute atomic E-state index is 0.101. The van der Waals surface area contributed by atoms with E-state index in [1.807, 2.05) is 0 Å². The van der Waals surface area contributed by atoms with Crippen molar-refractivity contribution < 1.29 is 13.9 Å². The molecule has 2 N–H and O–H groups in total. The molecule has 132 valence electrons. The number of nitrogens with zero attached hydrogens (tertiary/aromatic N) is 2. The predicted molar refractivity (Wildman–Crippen MR) is 95.5 cm³/mol. The van der Waals surface area contributed by atoms with Crippen LogP contribution in [0.3, 0.4) is 0 Å². The number of amides is 1. The Labute approximate surface area is 146 Å². The highest BCUT2D eigenvalue weighted by atomic mass is 32.1. The van der Waals surface area contributed by atoms with Gasteiger partial charge in [0.15, 0.2) is 5.11 Å². The van der Waals surface area contributed by atoms with Crippen molar-refractivity contribution in [2.24, 2.45) is 0 Å². The Morgan fingerprint density at radius 3 is 2.54 bits per heavy atom. The van der Waals surface area contributed by atoms with Crippen molar-refractivity contribution in [3.05, 3.63) is 30.1 Å². The van der Waals surface area contributed by atoms with Gasteiger partial charge in [0, 0.05) is 45.5 Å². The minimum atomic E-state index is -0.320. The standard InChI is InChI=1S/C16H23FN4O2S/c1-23-11-6-18-16(24)21-9-7-20(8-10-21)12-15(22)19-14-4-2-13(17)3-5-14/h2-5H,6-12H2,1H3,(H,18,24)(H,19,22). The fourth-order valence-corrected chi connectivity index (χ4v) is 2.70. The molecular weight excluding hydrogens is 331 g/mol. The van der Waals surface area contributed by atoms with Crippen LogP contribution < -0.4 is 10.6 Å². The zero-order chi connectivity index (χ0) is 17.4. The second-order valence-corrected chi connectivity index (χ2v) is 5.93. The molecule has 8 heteroatoms. The van der Waals surface area contributed by atoms with Crippen molar-refractivity contribution in [3.8, 4) is 0 Å². The summed E-state index contributed by atoms with van der Waals surface area (Å²) in [5.41, 5.74) is 0.601. The second kappa shape index (κ2) is 9.51. The summed E-state index contributed by atoms with van der Waals surface area (Å²) in [7, 11) is 1.65. The van der Waals surface area contributed by atoms with Gasteiger partial charge >= 0.3 is 0 Å². The average Bonchev–Trinajstić information content (AvgIpc) is 2.58. The molecule has 0 aromatic heterocycles. The van der Waals surface area contributed by atoms with E-state index in [-0.39, 0.29) is 11.7 Å². The minimum Gasteiger partial charge on any atom is -0.383 e. The van der Waals surface area contributed by atoms with Gasteiger partial charge in [0.2, 0.25) is 5.91 Å². The molecule has 1 saturated heterocycles. The normalized spacial score (nSPS) is 15.2. The highest BCUT2D eigenvalue weighted by Crippen LogP contribution is 2.09. The van der Waals surface area contributed by atoms with Gasteiger partial charge in [0.1, 0.15) is 5.82 Å². The first-order valence-corrected chi connectivity index (χ1v) is 8.29. The predicted octanol–water partition coefficient (Wildman–Crippen LogP) is 0.903. The number of ether oxygens (including phenoxy) is 1. The number of methoxy groups -OCH3 is 1. The molecule has 1 aliphatic heterocycles. The molecule has 0 bridgehead atoms. The highest BCUT2D eigenvalue weighted by Gasteiger charge is 2.20. The topological polar surface area (TPSA) is 56.8 Å². The van der Waals surface area contributed by atoms with E-state index >= 15 is 0 Å². The van der Waals surface area contributed by atoms with Crippen LogP contribution in [-0.4, -0.2) is 73.8 Å². The van der Waals surface area contributed by atoms with E-state index in [1.165, 1.54) is 12.1 Å². The summed E-state index contributed by atoms with van der Waals surface area (Å²) < 4.78 is 17.8. The molecule has 0 unspecified atom stereocenters. The molecule has 1 amide bonds. The van der Waals surface area contributed by atoms with Crippen molar-refractivity contribution >= 4 is 28.9 Å². The number of nitrogens with one attached hydrogen (secondary N) is 2. The lowest BCUT2D eigenvalue weighted by atomic mass is 10.3. The summed E-state index contributed by atoms with van der Waals surface area (Å²) in [6, 6.07) is 5.75. The Bertz CT molecular complexity index is 548. The maximum absolute atomic E-state index is 12.8. The molecule has 0 aliphatic carbocycles. The summed E-state index contributed by atoms with van der Waals surface area (Å²) in [6.45, 7) is 4.71. The Hall–Kier alpha value is -1.77. The maximum atomic E-state index is 12.8. The molecule has 0 spiro atoms. The van der Waals surface area contributed by atoms with Gasteiger partial charge in [-0.3, -0.25) is 9.69 Å².